The first-order valence-electron chi connectivity index (χ1n) is 20.5. The molecule has 0 radical (unpaired) electrons. The lowest BCUT2D eigenvalue weighted by atomic mass is 9.86. The lowest BCUT2D eigenvalue weighted by Gasteiger charge is -2.41. The molecular weight excluding hydrogens is 849 g/mol. The summed E-state index contributed by atoms with van der Waals surface area (Å²) in [5, 5.41) is 0. The van der Waals surface area contributed by atoms with Gasteiger partial charge in [0.05, 0.1) is 19.8 Å². The Labute approximate surface area is 364 Å². The fourth-order valence-corrected chi connectivity index (χ4v) is 27.0. The Bertz CT molecular complexity index is 1570. The van der Waals surface area contributed by atoms with E-state index in [1.165, 1.54) is 0 Å². The van der Waals surface area contributed by atoms with Crippen molar-refractivity contribution in [2.45, 2.75) is 132 Å². The van der Waals surface area contributed by atoms with Gasteiger partial charge < -0.3 is 39.5 Å². The molecule has 0 N–H and O–H groups in total. The van der Waals surface area contributed by atoms with Crippen molar-refractivity contribution in [1.29, 1.82) is 0 Å². The lowest BCUT2D eigenvalue weighted by Crippen LogP contribution is -2.59. The summed E-state index contributed by atoms with van der Waals surface area (Å²) in [5.74, 6) is 1.40. The zero-order chi connectivity index (χ0) is 45.7. The van der Waals surface area contributed by atoms with Crippen LogP contribution in [0.4, 0.5) is 0 Å². The number of benzene rings is 2. The Balaban J connectivity index is 0.000000593. The van der Waals surface area contributed by atoms with Gasteiger partial charge in [-0.1, -0.05) is 26.8 Å². The highest BCUT2D eigenvalue weighted by molar-refractivity contribution is 6.86. The van der Waals surface area contributed by atoms with Crippen molar-refractivity contribution < 1.29 is 49.1 Å². The Morgan fingerprint density at radius 1 is 0.525 bits per heavy atom. The van der Waals surface area contributed by atoms with Crippen molar-refractivity contribution >= 4 is 62.4 Å². The number of carbonyl (C=O) groups excluding carboxylic acids is 2. The minimum atomic E-state index is -3.03. The molecule has 0 amide bonds. The van der Waals surface area contributed by atoms with Crippen LogP contribution in [-0.2, 0) is 30.0 Å². The molecule has 11 nitrogen and oxygen atoms in total. The Hall–Kier alpha value is -1.86. The van der Waals surface area contributed by atoms with Gasteiger partial charge in [0, 0.05) is 29.6 Å². The zero-order valence-corrected chi connectivity index (χ0v) is 45.9. The fraction of sp³-hybridized carbons (Fsp3) is 0.619. The second-order valence-corrected chi connectivity index (χ2v) is 44.2. The summed E-state index contributed by atoms with van der Waals surface area (Å²) in [5.41, 5.74) is -0.222. The van der Waals surface area contributed by atoms with Crippen molar-refractivity contribution in [3.63, 3.8) is 0 Å². The predicted octanol–water partition coefficient (Wildman–Crippen LogP) is 11.1. The summed E-state index contributed by atoms with van der Waals surface area (Å²) in [4.78, 5) is 25.6. The van der Waals surface area contributed by atoms with Crippen molar-refractivity contribution in [3.05, 3.63) is 72.3 Å². The Kier molecular flexibility index (Phi) is 21.0. The van der Waals surface area contributed by atoms with Gasteiger partial charge in [-0.25, -0.2) is 0 Å². The standard InChI is InChI=1S/C22H40O6Si3.C20H38O5Si3/c1-11-16-24-17-18-25-20-14-12-19(13-15-20)21(23)22(2,3)26-31(10,27-29(4,5)6)28-30(7,8)9;1-20(2,3)19(21)17-11-13-18(14-12-17)22-15-16-23-28(10,24-26(4,5)6)25-27(7,8)9/h11-15H,1,16-18H2,2-10H3;11-14H,15-16H2,1-10H3. The summed E-state index contributed by atoms with van der Waals surface area (Å²) in [6.07, 6.45) is 1.70. The van der Waals surface area contributed by atoms with Gasteiger partial charge in [-0.3, -0.25) is 9.59 Å². The van der Waals surface area contributed by atoms with Gasteiger partial charge in [0.1, 0.15) is 30.3 Å². The van der Waals surface area contributed by atoms with Crippen molar-refractivity contribution in [2.75, 3.05) is 33.0 Å². The van der Waals surface area contributed by atoms with Gasteiger partial charge in [0.15, 0.2) is 44.8 Å². The highest BCUT2D eigenvalue weighted by Crippen LogP contribution is 2.30. The molecular formula is C42H78O11Si6. The highest BCUT2D eigenvalue weighted by atomic mass is 28.5. The molecule has 17 heteroatoms. The molecule has 0 unspecified atom stereocenters. The van der Waals surface area contributed by atoms with Crippen LogP contribution in [-0.4, -0.2) is 101 Å². The third-order valence-corrected chi connectivity index (χ3v) is 24.7. The summed E-state index contributed by atoms with van der Waals surface area (Å²) in [6.45, 7) is 44.5. The van der Waals surface area contributed by atoms with E-state index in [4.69, 9.17) is 39.5 Å². The maximum Gasteiger partial charge on any atom is 0.477 e. The first kappa shape index (κ1) is 55.2. The Morgan fingerprint density at radius 2 is 0.881 bits per heavy atom. The highest BCUT2D eigenvalue weighted by Gasteiger charge is 2.49. The van der Waals surface area contributed by atoms with Gasteiger partial charge in [0.25, 0.3) is 0 Å². The molecule has 59 heavy (non-hydrogen) atoms. The smallest absolute Gasteiger partial charge is 0.477 e. The van der Waals surface area contributed by atoms with Crippen LogP contribution in [0.1, 0.15) is 55.3 Å². The molecule has 0 aromatic heterocycles. The van der Waals surface area contributed by atoms with E-state index < -0.39 is 61.9 Å². The fourth-order valence-electron chi connectivity index (χ4n) is 5.83. The van der Waals surface area contributed by atoms with Crippen molar-refractivity contribution in [2.24, 2.45) is 5.41 Å². The molecule has 2 aromatic carbocycles. The largest absolute Gasteiger partial charge is 0.491 e. The molecule has 0 spiro atoms. The van der Waals surface area contributed by atoms with E-state index in [-0.39, 0.29) is 11.6 Å². The molecule has 0 bridgehead atoms. The summed E-state index contributed by atoms with van der Waals surface area (Å²) >= 11 is 0. The third kappa shape index (κ3) is 23.8. The van der Waals surface area contributed by atoms with Crippen LogP contribution in [0, 0.1) is 5.41 Å². The number of rotatable bonds is 24. The van der Waals surface area contributed by atoms with Crippen LogP contribution in [0.5, 0.6) is 11.5 Å². The molecule has 336 valence electrons. The summed E-state index contributed by atoms with van der Waals surface area (Å²) in [7, 11) is -13.2. The summed E-state index contributed by atoms with van der Waals surface area (Å²) in [6, 6.07) is 14.3. The van der Waals surface area contributed by atoms with Crippen LogP contribution in [0.2, 0.25) is 91.7 Å². The van der Waals surface area contributed by atoms with Crippen LogP contribution in [0.25, 0.3) is 0 Å². The molecule has 0 atom stereocenters. The van der Waals surface area contributed by atoms with Gasteiger partial charge in [-0.05, 0) is 141 Å². The second-order valence-electron chi connectivity index (χ2n) is 20.1. The Morgan fingerprint density at radius 3 is 1.24 bits per heavy atom. The number of hydrogen-bond donors (Lipinski definition) is 0. The van der Waals surface area contributed by atoms with Crippen molar-refractivity contribution in [3.8, 4) is 11.5 Å². The van der Waals surface area contributed by atoms with E-state index in [1.54, 1.807) is 44.2 Å². The van der Waals surface area contributed by atoms with E-state index in [9.17, 15) is 9.59 Å². The average Bonchev–Trinajstić information content (AvgIpc) is 3.02. The number of ketones is 2. The monoisotopic (exact) mass is 926 g/mol. The molecule has 0 saturated carbocycles. The van der Waals surface area contributed by atoms with Gasteiger partial charge in [-0.2, -0.15) is 0 Å². The van der Waals surface area contributed by atoms with Crippen LogP contribution in [0.15, 0.2) is 61.2 Å². The van der Waals surface area contributed by atoms with Gasteiger partial charge in [-0.15, -0.1) is 6.58 Å². The normalized spacial score (nSPS) is 13.3. The topological polar surface area (TPSA) is 117 Å². The predicted molar refractivity (Wildman–Crippen MR) is 255 cm³/mol. The van der Waals surface area contributed by atoms with Crippen LogP contribution < -0.4 is 9.47 Å². The number of ether oxygens (including phenoxy) is 3. The molecule has 2 aromatic rings. The van der Waals surface area contributed by atoms with Crippen LogP contribution >= 0.6 is 0 Å². The van der Waals surface area contributed by atoms with E-state index in [0.29, 0.717) is 49.9 Å². The van der Waals surface area contributed by atoms with E-state index in [1.807, 2.05) is 58.1 Å². The average molecular weight is 928 g/mol. The number of Topliss-reactive ketones (excluding diaryl/α,β-unsaturated/α-hetero) is 2. The van der Waals surface area contributed by atoms with Gasteiger partial charge >= 0.3 is 17.6 Å². The lowest BCUT2D eigenvalue weighted by molar-refractivity contribution is 0.0313. The third-order valence-electron chi connectivity index (χ3n) is 7.32. The maximum absolute atomic E-state index is 13.3. The van der Waals surface area contributed by atoms with E-state index in [0.717, 1.165) is 5.75 Å². The molecule has 0 heterocycles. The molecule has 2 rings (SSSR count). The van der Waals surface area contributed by atoms with Crippen LogP contribution in [0.3, 0.4) is 0 Å². The second kappa shape index (κ2) is 22.5. The van der Waals surface area contributed by atoms with E-state index in [2.05, 4.69) is 85.1 Å². The van der Waals surface area contributed by atoms with Gasteiger partial charge in [0.2, 0.25) is 0 Å². The molecule has 0 saturated heterocycles. The minimum absolute atomic E-state index is 0.120. The summed E-state index contributed by atoms with van der Waals surface area (Å²) < 4.78 is 54.6. The maximum atomic E-state index is 13.3. The number of hydrogen-bond acceptors (Lipinski definition) is 11. The first-order chi connectivity index (χ1) is 26.6. The van der Waals surface area contributed by atoms with E-state index >= 15 is 0 Å². The zero-order valence-electron chi connectivity index (χ0n) is 39.9. The minimum Gasteiger partial charge on any atom is -0.491 e. The first-order valence-corrected chi connectivity index (χ1v) is 38.5. The molecule has 0 aliphatic heterocycles. The SMILES string of the molecule is C=CCOCCOc1ccc(C(=O)C(C)(C)O[Si](C)(O[Si](C)(C)C)O[Si](C)(C)C)cc1.CC(C)(C)C(=O)c1ccc(OCCO[Si](C)(O[Si](C)(C)C)O[Si](C)(C)C)cc1. The molecule has 0 fully saturated rings. The number of carbonyl (C=O) groups is 2. The molecule has 0 aliphatic carbocycles. The quantitative estimate of drug-likeness (QED) is 0.0433. The molecule has 0 aliphatic rings. The van der Waals surface area contributed by atoms with Crippen molar-refractivity contribution in [1.82, 2.24) is 0 Å².